The summed E-state index contributed by atoms with van der Waals surface area (Å²) in [7, 11) is 3.46. The molecule has 0 saturated carbocycles. The number of nitrogens with zero attached hydrogens (tertiary/aromatic N) is 2. The van der Waals surface area contributed by atoms with E-state index < -0.39 is 0 Å². The van der Waals surface area contributed by atoms with Crippen molar-refractivity contribution in [3.8, 4) is 17.5 Å². The second-order valence-corrected chi connectivity index (χ2v) is 3.68. The maximum Gasteiger partial charge on any atom is 0.226 e. The van der Waals surface area contributed by atoms with Gasteiger partial charge in [0.2, 0.25) is 11.8 Å². The Labute approximate surface area is 106 Å². The minimum absolute atomic E-state index is 0.462. The number of hydrogen-bond acceptors (Lipinski definition) is 5. The van der Waals surface area contributed by atoms with Crippen molar-refractivity contribution in [2.24, 2.45) is 0 Å². The van der Waals surface area contributed by atoms with Crippen LogP contribution in [0.4, 0.5) is 0 Å². The van der Waals surface area contributed by atoms with Crippen molar-refractivity contribution in [1.29, 1.82) is 0 Å². The van der Waals surface area contributed by atoms with Crippen molar-refractivity contribution in [2.45, 2.75) is 6.54 Å². The second kappa shape index (κ2) is 5.97. The molecule has 1 N–H and O–H groups in total. The summed E-state index contributed by atoms with van der Waals surface area (Å²) in [5, 5.41) is 3.09. The minimum atomic E-state index is 0.462. The van der Waals surface area contributed by atoms with E-state index in [1.807, 2.05) is 31.3 Å². The average molecular weight is 245 g/mol. The van der Waals surface area contributed by atoms with Crippen LogP contribution in [0, 0.1) is 0 Å². The van der Waals surface area contributed by atoms with Crippen molar-refractivity contribution in [2.75, 3.05) is 14.2 Å². The Kier molecular flexibility index (Phi) is 4.09. The third kappa shape index (κ3) is 3.18. The van der Waals surface area contributed by atoms with Gasteiger partial charge in [0.1, 0.15) is 12.1 Å². The normalized spacial score (nSPS) is 10.1. The lowest BCUT2D eigenvalue weighted by atomic mass is 10.2. The largest absolute Gasteiger partial charge is 0.481 e. The van der Waals surface area contributed by atoms with Gasteiger partial charge in [-0.05, 0) is 24.7 Å². The Morgan fingerprint density at radius 1 is 1.17 bits per heavy atom. The van der Waals surface area contributed by atoms with Crippen LogP contribution in [0.3, 0.4) is 0 Å². The molecule has 0 aliphatic rings. The molecule has 0 aliphatic carbocycles. The second-order valence-electron chi connectivity index (χ2n) is 3.68. The summed E-state index contributed by atoms with van der Waals surface area (Å²) in [4.78, 5) is 7.95. The number of methoxy groups -OCH3 is 1. The summed E-state index contributed by atoms with van der Waals surface area (Å²) in [5.74, 6) is 1.68. The van der Waals surface area contributed by atoms with Gasteiger partial charge in [-0.2, -0.15) is 0 Å². The zero-order valence-corrected chi connectivity index (χ0v) is 10.4. The van der Waals surface area contributed by atoms with Crippen LogP contribution in [0.1, 0.15) is 5.56 Å². The summed E-state index contributed by atoms with van der Waals surface area (Å²) >= 11 is 0. The van der Waals surface area contributed by atoms with Gasteiger partial charge in [-0.15, -0.1) is 0 Å². The molecule has 0 atom stereocenters. The molecule has 5 heteroatoms. The fourth-order valence-corrected chi connectivity index (χ4v) is 1.53. The van der Waals surface area contributed by atoms with E-state index in [0.29, 0.717) is 11.8 Å². The first-order chi connectivity index (χ1) is 8.81. The summed E-state index contributed by atoms with van der Waals surface area (Å²) < 4.78 is 10.7. The molecule has 1 heterocycles. The fourth-order valence-electron chi connectivity index (χ4n) is 1.53. The predicted molar refractivity (Wildman–Crippen MR) is 67.9 cm³/mol. The molecular weight excluding hydrogens is 230 g/mol. The molecule has 0 aliphatic heterocycles. The predicted octanol–water partition coefficient (Wildman–Crippen LogP) is 2.00. The van der Waals surface area contributed by atoms with Crippen LogP contribution in [0.25, 0.3) is 0 Å². The number of aromatic nitrogens is 2. The minimum Gasteiger partial charge on any atom is -0.481 e. The molecule has 2 aromatic rings. The summed E-state index contributed by atoms with van der Waals surface area (Å²) in [6, 6.07) is 9.47. The Balaban J connectivity index is 2.14. The number of nitrogens with one attached hydrogen (secondary N) is 1. The van der Waals surface area contributed by atoms with Crippen LogP contribution in [0.2, 0.25) is 0 Å². The quantitative estimate of drug-likeness (QED) is 0.873. The Morgan fingerprint density at radius 3 is 2.78 bits per heavy atom. The number of benzene rings is 1. The zero-order chi connectivity index (χ0) is 12.8. The van der Waals surface area contributed by atoms with Gasteiger partial charge in [0, 0.05) is 6.54 Å². The van der Waals surface area contributed by atoms with E-state index >= 15 is 0 Å². The first kappa shape index (κ1) is 12.3. The van der Waals surface area contributed by atoms with Crippen LogP contribution in [0.15, 0.2) is 36.7 Å². The highest BCUT2D eigenvalue weighted by atomic mass is 16.5. The lowest BCUT2D eigenvalue weighted by Gasteiger charge is -2.07. The molecule has 0 saturated heterocycles. The van der Waals surface area contributed by atoms with E-state index in [0.717, 1.165) is 17.9 Å². The molecule has 0 fully saturated rings. The van der Waals surface area contributed by atoms with Crippen molar-refractivity contribution >= 4 is 0 Å². The maximum atomic E-state index is 5.65. The first-order valence-corrected chi connectivity index (χ1v) is 5.59. The van der Waals surface area contributed by atoms with Crippen LogP contribution in [0.5, 0.6) is 17.5 Å². The van der Waals surface area contributed by atoms with E-state index in [-0.39, 0.29) is 0 Å². The molecule has 0 spiro atoms. The van der Waals surface area contributed by atoms with E-state index in [1.165, 1.54) is 6.33 Å². The average Bonchev–Trinajstić information content (AvgIpc) is 2.40. The maximum absolute atomic E-state index is 5.65. The third-order valence-electron chi connectivity index (χ3n) is 2.33. The molecule has 1 aromatic heterocycles. The molecule has 1 aromatic carbocycles. The highest BCUT2D eigenvalue weighted by Gasteiger charge is 2.02. The molecular formula is C13H15N3O2. The van der Waals surface area contributed by atoms with Crippen LogP contribution in [-0.4, -0.2) is 24.1 Å². The fraction of sp³-hybridized carbons (Fsp3) is 0.231. The van der Waals surface area contributed by atoms with E-state index in [2.05, 4.69) is 15.3 Å². The molecule has 0 radical (unpaired) electrons. The molecule has 0 bridgehead atoms. The van der Waals surface area contributed by atoms with Crippen LogP contribution < -0.4 is 14.8 Å². The van der Waals surface area contributed by atoms with Crippen molar-refractivity contribution in [1.82, 2.24) is 15.3 Å². The summed E-state index contributed by atoms with van der Waals surface area (Å²) in [6.07, 6.45) is 1.41. The SMILES string of the molecule is CNCc1cccc(Oc2cc(OC)ncn2)c1. The lowest BCUT2D eigenvalue weighted by Crippen LogP contribution is -2.04. The van der Waals surface area contributed by atoms with Crippen molar-refractivity contribution in [3.63, 3.8) is 0 Å². The van der Waals surface area contributed by atoms with Crippen LogP contribution in [-0.2, 0) is 6.54 Å². The smallest absolute Gasteiger partial charge is 0.226 e. The zero-order valence-electron chi connectivity index (χ0n) is 10.4. The molecule has 2 rings (SSSR count). The Morgan fingerprint density at radius 2 is 2.00 bits per heavy atom. The van der Waals surface area contributed by atoms with Gasteiger partial charge >= 0.3 is 0 Å². The van der Waals surface area contributed by atoms with Gasteiger partial charge in [0.15, 0.2) is 0 Å². The van der Waals surface area contributed by atoms with Crippen LogP contribution >= 0.6 is 0 Å². The number of rotatable bonds is 5. The van der Waals surface area contributed by atoms with Crippen molar-refractivity contribution in [3.05, 3.63) is 42.2 Å². The monoisotopic (exact) mass is 245 g/mol. The van der Waals surface area contributed by atoms with E-state index in [9.17, 15) is 0 Å². The van der Waals surface area contributed by atoms with Gasteiger partial charge in [-0.25, -0.2) is 9.97 Å². The van der Waals surface area contributed by atoms with E-state index in [1.54, 1.807) is 13.2 Å². The lowest BCUT2D eigenvalue weighted by molar-refractivity contribution is 0.388. The molecule has 0 unspecified atom stereocenters. The molecule has 18 heavy (non-hydrogen) atoms. The number of hydrogen-bond donors (Lipinski definition) is 1. The first-order valence-electron chi connectivity index (χ1n) is 5.59. The van der Waals surface area contributed by atoms with Gasteiger partial charge < -0.3 is 14.8 Å². The van der Waals surface area contributed by atoms with Gasteiger partial charge in [-0.1, -0.05) is 12.1 Å². The molecule has 5 nitrogen and oxygen atoms in total. The summed E-state index contributed by atoms with van der Waals surface area (Å²) in [5.41, 5.74) is 1.15. The van der Waals surface area contributed by atoms with Gasteiger partial charge in [-0.3, -0.25) is 0 Å². The Bertz CT molecular complexity index is 517. The third-order valence-corrected chi connectivity index (χ3v) is 2.33. The molecule has 0 amide bonds. The topological polar surface area (TPSA) is 56.3 Å². The highest BCUT2D eigenvalue weighted by Crippen LogP contribution is 2.22. The van der Waals surface area contributed by atoms with Gasteiger partial charge in [0.25, 0.3) is 0 Å². The van der Waals surface area contributed by atoms with E-state index in [4.69, 9.17) is 9.47 Å². The standard InChI is InChI=1S/C13H15N3O2/c1-14-8-10-4-3-5-11(6-10)18-13-7-12(17-2)15-9-16-13/h3-7,9,14H,8H2,1-2H3. The van der Waals surface area contributed by atoms with Gasteiger partial charge in [0.05, 0.1) is 13.2 Å². The summed E-state index contributed by atoms with van der Waals surface area (Å²) in [6.45, 7) is 0.796. The van der Waals surface area contributed by atoms with Crippen molar-refractivity contribution < 1.29 is 9.47 Å². The number of ether oxygens (including phenoxy) is 2. The Hall–Kier alpha value is -2.14. The highest BCUT2D eigenvalue weighted by molar-refractivity contribution is 5.32. The molecule has 94 valence electrons.